The zero-order chi connectivity index (χ0) is 18.0. The van der Waals surface area contributed by atoms with Gasteiger partial charge < -0.3 is 14.9 Å². The van der Waals surface area contributed by atoms with Crippen molar-refractivity contribution in [2.24, 2.45) is 0 Å². The van der Waals surface area contributed by atoms with E-state index < -0.39 is 0 Å². The van der Waals surface area contributed by atoms with Crippen molar-refractivity contribution in [1.82, 2.24) is 24.9 Å². The Morgan fingerprint density at radius 2 is 1.68 bits per heavy atom. The van der Waals surface area contributed by atoms with Crippen molar-refractivity contribution in [1.29, 1.82) is 0 Å². The fraction of sp³-hybridized carbons (Fsp3) is 0.588. The molecule has 134 valence electrons. The summed E-state index contributed by atoms with van der Waals surface area (Å²) in [6.45, 7) is 9.84. The number of nitrogens with zero attached hydrogens (tertiary/aromatic N) is 7. The van der Waals surface area contributed by atoms with E-state index in [1.165, 1.54) is 0 Å². The van der Waals surface area contributed by atoms with Gasteiger partial charge in [0.1, 0.15) is 23.3 Å². The van der Waals surface area contributed by atoms with Crippen LogP contribution in [0.5, 0.6) is 0 Å². The molecule has 0 radical (unpaired) electrons. The Kier molecular flexibility index (Phi) is 5.08. The smallest absolute Gasteiger partial charge is 0.229 e. The van der Waals surface area contributed by atoms with Crippen LogP contribution in [0.2, 0.25) is 0 Å². The molecule has 0 aromatic carbocycles. The molecule has 0 amide bonds. The standard InChI is InChI=1S/C17H25N7O/c1-11-9-23(16-5-7-18-15(22-16)6-8-25)10-12(2)24(11)17-20-13(3)19-14(4)21-17/h5,7,11-12,25H,6,8-10H2,1-4H3/t11-,12+. The van der Waals surface area contributed by atoms with Crippen LogP contribution in [0.3, 0.4) is 0 Å². The fourth-order valence-corrected chi connectivity index (χ4v) is 3.40. The fourth-order valence-electron chi connectivity index (χ4n) is 3.40. The summed E-state index contributed by atoms with van der Waals surface area (Å²) in [5, 5.41) is 9.09. The summed E-state index contributed by atoms with van der Waals surface area (Å²) in [7, 11) is 0. The third-order valence-electron chi connectivity index (χ3n) is 4.35. The van der Waals surface area contributed by atoms with Crippen LogP contribution in [0.4, 0.5) is 11.8 Å². The minimum atomic E-state index is 0.0577. The van der Waals surface area contributed by atoms with Crippen LogP contribution in [-0.4, -0.2) is 61.8 Å². The Morgan fingerprint density at radius 3 is 2.28 bits per heavy atom. The Hall–Kier alpha value is -2.35. The third kappa shape index (κ3) is 3.84. The summed E-state index contributed by atoms with van der Waals surface area (Å²) < 4.78 is 0. The average molecular weight is 343 g/mol. The van der Waals surface area contributed by atoms with E-state index in [1.54, 1.807) is 6.20 Å². The predicted molar refractivity (Wildman–Crippen MR) is 95.7 cm³/mol. The molecule has 0 bridgehead atoms. The van der Waals surface area contributed by atoms with Crippen LogP contribution in [0, 0.1) is 13.8 Å². The monoisotopic (exact) mass is 343 g/mol. The van der Waals surface area contributed by atoms with Gasteiger partial charge in [-0.25, -0.2) is 15.0 Å². The van der Waals surface area contributed by atoms with Crippen molar-refractivity contribution in [2.75, 3.05) is 29.5 Å². The van der Waals surface area contributed by atoms with E-state index in [2.05, 4.69) is 48.6 Å². The Labute approximate surface area is 148 Å². The molecule has 25 heavy (non-hydrogen) atoms. The molecule has 1 aliphatic rings. The van der Waals surface area contributed by atoms with Gasteiger partial charge in [0.25, 0.3) is 0 Å². The van der Waals surface area contributed by atoms with Crippen molar-refractivity contribution in [3.05, 3.63) is 29.7 Å². The third-order valence-corrected chi connectivity index (χ3v) is 4.35. The summed E-state index contributed by atoms with van der Waals surface area (Å²) in [5.74, 6) is 3.81. The van der Waals surface area contributed by atoms with Crippen LogP contribution in [0.1, 0.15) is 31.3 Å². The maximum absolute atomic E-state index is 9.09. The summed E-state index contributed by atoms with van der Waals surface area (Å²) in [6, 6.07) is 2.40. The molecule has 8 nitrogen and oxygen atoms in total. The van der Waals surface area contributed by atoms with E-state index in [1.807, 2.05) is 19.9 Å². The maximum Gasteiger partial charge on any atom is 0.229 e. The SMILES string of the molecule is Cc1nc(C)nc(N2[C@H](C)CN(c3ccnc(CCO)n3)C[C@@H]2C)n1. The van der Waals surface area contributed by atoms with E-state index in [0.717, 1.165) is 36.5 Å². The second kappa shape index (κ2) is 7.26. The first-order chi connectivity index (χ1) is 12.0. The van der Waals surface area contributed by atoms with Crippen molar-refractivity contribution >= 4 is 11.8 Å². The molecule has 2 aromatic heterocycles. The van der Waals surface area contributed by atoms with Crippen LogP contribution < -0.4 is 9.80 Å². The van der Waals surface area contributed by atoms with Gasteiger partial charge in [0.2, 0.25) is 5.95 Å². The molecule has 1 aliphatic heterocycles. The molecule has 8 heteroatoms. The summed E-state index contributed by atoms with van der Waals surface area (Å²) in [5.41, 5.74) is 0. The van der Waals surface area contributed by atoms with Crippen LogP contribution in [-0.2, 0) is 6.42 Å². The molecule has 3 heterocycles. The molecule has 2 atom stereocenters. The zero-order valence-electron chi connectivity index (χ0n) is 15.2. The van der Waals surface area contributed by atoms with Crippen LogP contribution in [0.15, 0.2) is 12.3 Å². The first kappa shape index (κ1) is 17.5. The summed E-state index contributed by atoms with van der Waals surface area (Å²) >= 11 is 0. The van der Waals surface area contributed by atoms with Crippen molar-refractivity contribution in [2.45, 2.75) is 46.2 Å². The molecule has 1 N–H and O–H groups in total. The van der Waals surface area contributed by atoms with Gasteiger partial charge in [0.05, 0.1) is 6.61 Å². The van der Waals surface area contributed by atoms with Gasteiger partial charge in [-0.1, -0.05) is 0 Å². The average Bonchev–Trinajstić information content (AvgIpc) is 2.54. The van der Waals surface area contributed by atoms with Crippen molar-refractivity contribution in [3.63, 3.8) is 0 Å². The molecule has 1 saturated heterocycles. The molecule has 0 spiro atoms. The Bertz CT molecular complexity index is 706. The minimum Gasteiger partial charge on any atom is -0.396 e. The second-order valence-electron chi connectivity index (χ2n) is 6.54. The lowest BCUT2D eigenvalue weighted by molar-refractivity contribution is 0.296. The van der Waals surface area contributed by atoms with Gasteiger partial charge in [-0.15, -0.1) is 0 Å². The number of piperazine rings is 1. The van der Waals surface area contributed by atoms with E-state index in [-0.39, 0.29) is 18.7 Å². The summed E-state index contributed by atoms with van der Waals surface area (Å²) in [4.78, 5) is 26.6. The molecule has 1 fully saturated rings. The highest BCUT2D eigenvalue weighted by Crippen LogP contribution is 2.24. The number of aliphatic hydroxyl groups excluding tert-OH is 1. The molecular formula is C17H25N7O. The van der Waals surface area contributed by atoms with Gasteiger partial charge >= 0.3 is 0 Å². The lowest BCUT2D eigenvalue weighted by atomic mass is 10.1. The normalized spacial score (nSPS) is 20.8. The minimum absolute atomic E-state index is 0.0577. The number of hydrogen-bond acceptors (Lipinski definition) is 8. The zero-order valence-corrected chi connectivity index (χ0v) is 15.2. The van der Waals surface area contributed by atoms with Gasteiger partial charge in [0, 0.05) is 37.8 Å². The van der Waals surface area contributed by atoms with E-state index in [9.17, 15) is 0 Å². The van der Waals surface area contributed by atoms with Crippen LogP contribution >= 0.6 is 0 Å². The van der Waals surface area contributed by atoms with Gasteiger partial charge in [-0.3, -0.25) is 0 Å². The number of rotatable bonds is 4. The second-order valence-corrected chi connectivity index (χ2v) is 6.54. The number of aliphatic hydroxyl groups is 1. The molecule has 0 saturated carbocycles. The molecule has 0 aliphatic carbocycles. The molecule has 2 aromatic rings. The Balaban J connectivity index is 1.81. The highest BCUT2D eigenvalue weighted by Gasteiger charge is 2.32. The lowest BCUT2D eigenvalue weighted by Crippen LogP contribution is -2.58. The van der Waals surface area contributed by atoms with Gasteiger partial charge in [0.15, 0.2) is 0 Å². The van der Waals surface area contributed by atoms with Gasteiger partial charge in [-0.2, -0.15) is 9.97 Å². The van der Waals surface area contributed by atoms with E-state index in [4.69, 9.17) is 5.11 Å². The lowest BCUT2D eigenvalue weighted by Gasteiger charge is -2.45. The highest BCUT2D eigenvalue weighted by atomic mass is 16.3. The van der Waals surface area contributed by atoms with Crippen molar-refractivity contribution < 1.29 is 5.11 Å². The largest absolute Gasteiger partial charge is 0.396 e. The Morgan fingerprint density at radius 1 is 1.04 bits per heavy atom. The number of hydrogen-bond donors (Lipinski definition) is 1. The number of aromatic nitrogens is 5. The van der Waals surface area contributed by atoms with Crippen molar-refractivity contribution in [3.8, 4) is 0 Å². The maximum atomic E-state index is 9.09. The molecule has 0 unspecified atom stereocenters. The first-order valence-electron chi connectivity index (χ1n) is 8.63. The number of aryl methyl sites for hydroxylation is 2. The predicted octanol–water partition coefficient (Wildman–Crippen LogP) is 0.917. The highest BCUT2D eigenvalue weighted by molar-refractivity contribution is 5.44. The van der Waals surface area contributed by atoms with E-state index in [0.29, 0.717) is 12.2 Å². The van der Waals surface area contributed by atoms with Crippen LogP contribution in [0.25, 0.3) is 0 Å². The van der Waals surface area contributed by atoms with E-state index >= 15 is 0 Å². The molecular weight excluding hydrogens is 318 g/mol. The van der Waals surface area contributed by atoms with Gasteiger partial charge in [-0.05, 0) is 33.8 Å². The quantitative estimate of drug-likeness (QED) is 0.876. The number of anilines is 2. The topological polar surface area (TPSA) is 91.2 Å². The summed E-state index contributed by atoms with van der Waals surface area (Å²) in [6.07, 6.45) is 2.23. The molecule has 3 rings (SSSR count). The first-order valence-corrected chi connectivity index (χ1v) is 8.63.